The lowest BCUT2D eigenvalue weighted by Crippen LogP contribution is -2.46. The number of carbonyl (C=O) groups is 1. The van der Waals surface area contributed by atoms with Gasteiger partial charge in [-0.25, -0.2) is 13.6 Å². The van der Waals surface area contributed by atoms with Gasteiger partial charge in [-0.15, -0.1) is 0 Å². The molecule has 5 nitrogen and oxygen atoms in total. The molecule has 0 radical (unpaired) electrons. The molecule has 22 heavy (non-hydrogen) atoms. The van der Waals surface area contributed by atoms with Gasteiger partial charge in [0, 0.05) is 12.6 Å². The van der Waals surface area contributed by atoms with Crippen LogP contribution < -0.4 is 10.5 Å². The van der Waals surface area contributed by atoms with Gasteiger partial charge in [0.25, 0.3) is 0 Å². The molecule has 1 amide bonds. The molecular weight excluding hydrogens is 300 g/mol. The molecule has 124 valence electrons. The number of carbonyl (C=O) groups excluding carboxylic acids is 1. The van der Waals surface area contributed by atoms with Crippen molar-refractivity contribution in [3.05, 3.63) is 11.6 Å². The summed E-state index contributed by atoms with van der Waals surface area (Å²) in [6.07, 6.45) is 9.52. The normalized spacial score (nSPS) is 37.4. The average Bonchev–Trinajstić information content (AvgIpc) is 2.35. The summed E-state index contributed by atoms with van der Waals surface area (Å²) in [5.41, 5.74) is 1.41. The van der Waals surface area contributed by atoms with Crippen LogP contribution in [0.25, 0.3) is 0 Å². The highest BCUT2D eigenvalue weighted by atomic mass is 32.2. The van der Waals surface area contributed by atoms with Crippen molar-refractivity contribution in [2.45, 2.75) is 45.4 Å². The molecule has 6 heteroatoms. The third-order valence-corrected chi connectivity index (χ3v) is 6.68. The Kier molecular flexibility index (Phi) is 4.10. The molecule has 3 N–H and O–H groups in total. The first-order valence-corrected chi connectivity index (χ1v) is 9.94. The summed E-state index contributed by atoms with van der Waals surface area (Å²) in [6.45, 7) is 2.15. The molecule has 4 saturated carbocycles. The predicted molar refractivity (Wildman–Crippen MR) is 85.3 cm³/mol. The lowest BCUT2D eigenvalue weighted by molar-refractivity contribution is -0.116. The highest BCUT2D eigenvalue weighted by molar-refractivity contribution is 7.89. The van der Waals surface area contributed by atoms with Gasteiger partial charge in [-0.3, -0.25) is 4.79 Å². The fourth-order valence-electron chi connectivity index (χ4n) is 5.31. The minimum Gasteiger partial charge on any atom is -0.351 e. The molecule has 0 unspecified atom stereocenters. The van der Waals surface area contributed by atoms with E-state index in [-0.39, 0.29) is 23.6 Å². The van der Waals surface area contributed by atoms with Crippen LogP contribution in [0, 0.1) is 23.2 Å². The lowest BCUT2D eigenvalue weighted by atomic mass is 9.48. The molecular formula is C16H26N2O3S. The number of hydrogen-bond donors (Lipinski definition) is 2. The highest BCUT2D eigenvalue weighted by Gasteiger charge is 2.51. The third-order valence-electron chi connectivity index (χ3n) is 5.91. The van der Waals surface area contributed by atoms with Crippen LogP contribution in [0.1, 0.15) is 45.4 Å². The topological polar surface area (TPSA) is 89.3 Å². The molecule has 0 aromatic heterocycles. The molecule has 0 spiro atoms. The van der Waals surface area contributed by atoms with Gasteiger partial charge >= 0.3 is 0 Å². The Morgan fingerprint density at radius 3 is 2.14 bits per heavy atom. The van der Waals surface area contributed by atoms with E-state index in [1.165, 1.54) is 44.1 Å². The lowest BCUT2D eigenvalue weighted by Gasteiger charge is -2.57. The van der Waals surface area contributed by atoms with Gasteiger partial charge in [0.15, 0.2) is 0 Å². The third kappa shape index (κ3) is 3.38. The Morgan fingerprint density at radius 2 is 1.68 bits per heavy atom. The molecule has 4 bridgehead atoms. The Morgan fingerprint density at radius 1 is 1.18 bits per heavy atom. The van der Waals surface area contributed by atoms with E-state index < -0.39 is 10.0 Å². The van der Waals surface area contributed by atoms with Gasteiger partial charge < -0.3 is 5.32 Å². The van der Waals surface area contributed by atoms with Gasteiger partial charge in [-0.1, -0.05) is 5.57 Å². The van der Waals surface area contributed by atoms with Crippen molar-refractivity contribution in [1.82, 2.24) is 5.32 Å². The number of allylic oxidation sites excluding steroid dienone is 1. The SMILES string of the molecule is C/C(=C/C(=O)NCCS(N)(=O)=O)C12CC3CC(CC(C3)C1)C2. The first-order chi connectivity index (χ1) is 10.3. The number of primary sulfonamides is 1. The minimum atomic E-state index is -3.52. The van der Waals surface area contributed by atoms with E-state index in [4.69, 9.17) is 5.14 Å². The first kappa shape index (κ1) is 16.0. The molecule has 4 aliphatic rings. The van der Waals surface area contributed by atoms with Crippen LogP contribution in [0.4, 0.5) is 0 Å². The van der Waals surface area contributed by atoms with Crippen LogP contribution >= 0.6 is 0 Å². The van der Waals surface area contributed by atoms with E-state index in [2.05, 4.69) is 12.2 Å². The summed E-state index contributed by atoms with van der Waals surface area (Å²) >= 11 is 0. The molecule has 4 aliphatic carbocycles. The summed E-state index contributed by atoms with van der Waals surface area (Å²) in [5.74, 6) is 2.13. The molecule has 0 heterocycles. The second kappa shape index (κ2) is 5.64. The largest absolute Gasteiger partial charge is 0.351 e. The molecule has 0 aliphatic heterocycles. The zero-order chi connectivity index (χ0) is 16.0. The highest BCUT2D eigenvalue weighted by Crippen LogP contribution is 2.62. The molecule has 0 atom stereocenters. The van der Waals surface area contributed by atoms with E-state index in [0.717, 1.165) is 17.8 Å². The number of nitrogens with one attached hydrogen (secondary N) is 1. The van der Waals surface area contributed by atoms with Crippen molar-refractivity contribution in [3.8, 4) is 0 Å². The molecule has 0 saturated heterocycles. The van der Waals surface area contributed by atoms with Crippen LogP contribution in [0.2, 0.25) is 0 Å². The van der Waals surface area contributed by atoms with Crippen LogP contribution in [0.3, 0.4) is 0 Å². The number of sulfonamides is 1. The van der Waals surface area contributed by atoms with E-state index in [9.17, 15) is 13.2 Å². The maximum atomic E-state index is 12.0. The number of nitrogens with two attached hydrogens (primary N) is 1. The zero-order valence-corrected chi connectivity index (χ0v) is 14.0. The van der Waals surface area contributed by atoms with E-state index >= 15 is 0 Å². The molecule has 0 aromatic rings. The Labute approximate surface area is 132 Å². The van der Waals surface area contributed by atoms with Crippen molar-refractivity contribution in [1.29, 1.82) is 0 Å². The van der Waals surface area contributed by atoms with Crippen molar-refractivity contribution in [3.63, 3.8) is 0 Å². The monoisotopic (exact) mass is 326 g/mol. The van der Waals surface area contributed by atoms with E-state index in [1.54, 1.807) is 6.08 Å². The first-order valence-electron chi connectivity index (χ1n) is 8.23. The molecule has 0 aromatic carbocycles. The van der Waals surface area contributed by atoms with Crippen LogP contribution in [-0.4, -0.2) is 26.6 Å². The molecule has 4 rings (SSSR count). The Hall–Kier alpha value is -0.880. The minimum absolute atomic E-state index is 0.0717. The number of rotatable bonds is 5. The zero-order valence-electron chi connectivity index (χ0n) is 13.2. The number of hydrogen-bond acceptors (Lipinski definition) is 3. The second-order valence-electron chi connectivity index (χ2n) is 7.68. The predicted octanol–water partition coefficient (Wildman–Crippen LogP) is 1.55. The van der Waals surface area contributed by atoms with Gasteiger partial charge in [-0.05, 0) is 68.6 Å². The van der Waals surface area contributed by atoms with Crippen LogP contribution in [0.15, 0.2) is 11.6 Å². The van der Waals surface area contributed by atoms with Gasteiger partial charge in [0.1, 0.15) is 0 Å². The smallest absolute Gasteiger partial charge is 0.243 e. The van der Waals surface area contributed by atoms with Gasteiger partial charge in [-0.2, -0.15) is 0 Å². The summed E-state index contributed by atoms with van der Waals surface area (Å²) in [6, 6.07) is 0. The Balaban J connectivity index is 1.63. The maximum absolute atomic E-state index is 12.0. The standard InChI is InChI=1S/C16H26N2O3S/c1-11(4-15(19)18-2-3-22(17,20)21)16-8-12-5-13(9-16)7-14(6-12)10-16/h4,12-14H,2-3,5-10H2,1H3,(H,18,19)(H2,17,20,21)/b11-4-. The summed E-state index contributed by atoms with van der Waals surface area (Å²) < 4.78 is 21.8. The second-order valence-corrected chi connectivity index (χ2v) is 9.42. The van der Waals surface area contributed by atoms with Crippen LogP contribution in [0.5, 0.6) is 0 Å². The summed E-state index contributed by atoms with van der Waals surface area (Å²) in [4.78, 5) is 12.0. The van der Waals surface area contributed by atoms with Gasteiger partial charge in [0.2, 0.25) is 15.9 Å². The van der Waals surface area contributed by atoms with Crippen molar-refractivity contribution in [2.75, 3.05) is 12.3 Å². The van der Waals surface area contributed by atoms with Crippen molar-refractivity contribution < 1.29 is 13.2 Å². The van der Waals surface area contributed by atoms with E-state index in [0.29, 0.717) is 0 Å². The fourth-order valence-corrected chi connectivity index (χ4v) is 5.70. The van der Waals surface area contributed by atoms with Crippen molar-refractivity contribution >= 4 is 15.9 Å². The van der Waals surface area contributed by atoms with Crippen molar-refractivity contribution in [2.24, 2.45) is 28.3 Å². The fraction of sp³-hybridized carbons (Fsp3) is 0.812. The van der Waals surface area contributed by atoms with E-state index in [1.807, 2.05) is 0 Å². The maximum Gasteiger partial charge on any atom is 0.243 e. The quantitative estimate of drug-likeness (QED) is 0.751. The summed E-state index contributed by atoms with van der Waals surface area (Å²) in [5, 5.41) is 7.56. The van der Waals surface area contributed by atoms with Gasteiger partial charge in [0.05, 0.1) is 5.75 Å². The average molecular weight is 326 g/mol. The number of amides is 1. The Bertz CT molecular complexity index is 559. The summed E-state index contributed by atoms with van der Waals surface area (Å²) in [7, 11) is -3.52. The molecule has 4 fully saturated rings. The van der Waals surface area contributed by atoms with Crippen LogP contribution in [-0.2, 0) is 14.8 Å².